The number of rotatable bonds is 7. The largest absolute Gasteiger partial charge is 0.493 e. The molecular formula is C15H17N3O4. The van der Waals surface area contributed by atoms with Crippen molar-refractivity contribution < 1.29 is 18.6 Å². The van der Waals surface area contributed by atoms with E-state index in [4.69, 9.17) is 23.9 Å². The van der Waals surface area contributed by atoms with Gasteiger partial charge in [0.25, 0.3) is 0 Å². The molecule has 0 unspecified atom stereocenters. The monoisotopic (exact) mass is 303 g/mol. The number of oxazole rings is 1. The highest BCUT2D eigenvalue weighted by molar-refractivity contribution is 5.63. The number of methoxy groups -OCH3 is 3. The predicted molar refractivity (Wildman–Crippen MR) is 80.1 cm³/mol. The molecule has 0 bridgehead atoms. The van der Waals surface area contributed by atoms with Crippen LogP contribution in [0.1, 0.15) is 5.69 Å². The summed E-state index contributed by atoms with van der Waals surface area (Å²) in [4.78, 5) is 4.18. The summed E-state index contributed by atoms with van der Waals surface area (Å²) in [6, 6.07) is 7.28. The van der Waals surface area contributed by atoms with E-state index in [-0.39, 0.29) is 5.69 Å². The molecule has 0 saturated heterocycles. The van der Waals surface area contributed by atoms with Crippen LogP contribution in [0.3, 0.4) is 0 Å². The second-order valence-corrected chi connectivity index (χ2v) is 4.30. The van der Waals surface area contributed by atoms with Crippen molar-refractivity contribution in [3.8, 4) is 29.0 Å². The average molecular weight is 303 g/mol. The molecule has 116 valence electrons. The van der Waals surface area contributed by atoms with Crippen LogP contribution in [-0.2, 0) is 4.74 Å². The van der Waals surface area contributed by atoms with Crippen LogP contribution in [0.25, 0.3) is 11.5 Å². The van der Waals surface area contributed by atoms with Gasteiger partial charge in [0.15, 0.2) is 11.5 Å². The van der Waals surface area contributed by atoms with E-state index in [1.165, 1.54) is 0 Å². The summed E-state index contributed by atoms with van der Waals surface area (Å²) in [5.41, 5.74) is 0.884. The number of anilines is 1. The highest BCUT2D eigenvalue weighted by Crippen LogP contribution is 2.33. The van der Waals surface area contributed by atoms with Crippen LogP contribution in [-0.4, -0.2) is 39.5 Å². The first-order chi connectivity index (χ1) is 10.7. The predicted octanol–water partition coefficient (Wildman–Crippen LogP) is 2.29. The average Bonchev–Trinajstić information content (AvgIpc) is 2.97. The topological polar surface area (TPSA) is 89.5 Å². The second kappa shape index (κ2) is 7.33. The fourth-order valence-corrected chi connectivity index (χ4v) is 1.88. The van der Waals surface area contributed by atoms with Gasteiger partial charge in [-0.2, -0.15) is 10.2 Å². The lowest BCUT2D eigenvalue weighted by molar-refractivity contribution is 0.210. The third kappa shape index (κ3) is 3.30. The molecule has 7 nitrogen and oxygen atoms in total. The Morgan fingerprint density at radius 3 is 2.64 bits per heavy atom. The van der Waals surface area contributed by atoms with E-state index >= 15 is 0 Å². The molecule has 0 radical (unpaired) electrons. The summed E-state index contributed by atoms with van der Waals surface area (Å²) < 4.78 is 21.0. The summed E-state index contributed by atoms with van der Waals surface area (Å²) in [5.74, 6) is 1.82. The van der Waals surface area contributed by atoms with Gasteiger partial charge in [0.05, 0.1) is 20.8 Å². The number of nitrogens with one attached hydrogen (secondary N) is 1. The molecule has 0 aliphatic rings. The molecular weight excluding hydrogens is 286 g/mol. The standard InChI is InChI=1S/C15H17N3O4/c1-19-7-6-17-15-11(9-16)18-14(22-15)10-4-5-12(20-2)13(8-10)21-3/h4-5,8,17H,6-7H2,1-3H3. The number of ether oxygens (including phenoxy) is 3. The van der Waals surface area contributed by atoms with E-state index in [0.29, 0.717) is 42.0 Å². The molecule has 0 aliphatic carbocycles. The Bertz CT molecular complexity index is 676. The van der Waals surface area contributed by atoms with Gasteiger partial charge in [-0.3, -0.25) is 0 Å². The van der Waals surface area contributed by atoms with Crippen molar-refractivity contribution in [2.45, 2.75) is 0 Å². The molecule has 2 aromatic rings. The quantitative estimate of drug-likeness (QED) is 0.785. The van der Waals surface area contributed by atoms with Crippen LogP contribution in [0.5, 0.6) is 11.5 Å². The Morgan fingerprint density at radius 2 is 2.00 bits per heavy atom. The molecule has 0 saturated carbocycles. The SMILES string of the molecule is COCCNc1oc(-c2ccc(OC)c(OC)c2)nc1C#N. The van der Waals surface area contributed by atoms with Crippen LogP contribution in [0.2, 0.25) is 0 Å². The molecule has 0 aliphatic heterocycles. The Hall–Kier alpha value is -2.72. The van der Waals surface area contributed by atoms with Gasteiger partial charge in [-0.1, -0.05) is 0 Å². The maximum absolute atomic E-state index is 9.13. The van der Waals surface area contributed by atoms with E-state index in [1.807, 2.05) is 6.07 Å². The number of hydrogen-bond donors (Lipinski definition) is 1. The molecule has 0 spiro atoms. The molecule has 2 rings (SSSR count). The van der Waals surface area contributed by atoms with Gasteiger partial charge in [-0.25, -0.2) is 0 Å². The van der Waals surface area contributed by atoms with Gasteiger partial charge < -0.3 is 23.9 Å². The normalized spacial score (nSPS) is 10.1. The highest BCUT2D eigenvalue weighted by Gasteiger charge is 2.16. The minimum atomic E-state index is 0.195. The van der Waals surface area contributed by atoms with Crippen molar-refractivity contribution in [1.82, 2.24) is 4.98 Å². The van der Waals surface area contributed by atoms with Crippen molar-refractivity contribution in [2.75, 3.05) is 39.8 Å². The van der Waals surface area contributed by atoms with E-state index < -0.39 is 0 Å². The molecule has 1 heterocycles. The number of hydrogen-bond acceptors (Lipinski definition) is 7. The van der Waals surface area contributed by atoms with Crippen molar-refractivity contribution >= 4 is 5.88 Å². The van der Waals surface area contributed by atoms with Gasteiger partial charge in [0.2, 0.25) is 17.5 Å². The molecule has 7 heteroatoms. The fraction of sp³-hybridized carbons (Fsp3) is 0.333. The van der Waals surface area contributed by atoms with Gasteiger partial charge in [0.1, 0.15) is 6.07 Å². The number of nitrogens with zero attached hydrogens (tertiary/aromatic N) is 2. The van der Waals surface area contributed by atoms with E-state index in [0.717, 1.165) is 0 Å². The fourth-order valence-electron chi connectivity index (χ4n) is 1.88. The summed E-state index contributed by atoms with van der Waals surface area (Å²) in [7, 11) is 4.71. The third-order valence-electron chi connectivity index (χ3n) is 2.96. The van der Waals surface area contributed by atoms with E-state index in [1.54, 1.807) is 39.5 Å². The molecule has 1 aromatic carbocycles. The van der Waals surface area contributed by atoms with Crippen molar-refractivity contribution in [3.05, 3.63) is 23.9 Å². The van der Waals surface area contributed by atoms with Crippen LogP contribution in [0.4, 0.5) is 5.88 Å². The third-order valence-corrected chi connectivity index (χ3v) is 2.96. The molecule has 1 aromatic heterocycles. The lowest BCUT2D eigenvalue weighted by Gasteiger charge is -2.07. The van der Waals surface area contributed by atoms with E-state index in [2.05, 4.69) is 10.3 Å². The van der Waals surface area contributed by atoms with Gasteiger partial charge in [-0.15, -0.1) is 0 Å². The Kier molecular flexibility index (Phi) is 5.22. The maximum atomic E-state index is 9.13. The molecule has 0 atom stereocenters. The number of aromatic nitrogens is 1. The Morgan fingerprint density at radius 1 is 1.23 bits per heavy atom. The van der Waals surface area contributed by atoms with Crippen molar-refractivity contribution in [3.63, 3.8) is 0 Å². The first-order valence-electron chi connectivity index (χ1n) is 6.59. The van der Waals surface area contributed by atoms with Gasteiger partial charge in [0, 0.05) is 19.2 Å². The Labute approximate surface area is 128 Å². The number of benzene rings is 1. The highest BCUT2D eigenvalue weighted by atomic mass is 16.5. The zero-order valence-corrected chi connectivity index (χ0v) is 12.7. The van der Waals surface area contributed by atoms with Crippen LogP contribution >= 0.6 is 0 Å². The van der Waals surface area contributed by atoms with Gasteiger partial charge >= 0.3 is 0 Å². The van der Waals surface area contributed by atoms with Crippen LogP contribution in [0.15, 0.2) is 22.6 Å². The zero-order valence-electron chi connectivity index (χ0n) is 12.7. The summed E-state index contributed by atoms with van der Waals surface area (Å²) in [5, 5.41) is 12.1. The summed E-state index contributed by atoms with van der Waals surface area (Å²) in [6.45, 7) is 1.02. The van der Waals surface area contributed by atoms with Gasteiger partial charge in [-0.05, 0) is 18.2 Å². The van der Waals surface area contributed by atoms with Crippen LogP contribution in [0, 0.1) is 11.3 Å². The smallest absolute Gasteiger partial charge is 0.232 e. The Balaban J connectivity index is 2.31. The summed E-state index contributed by atoms with van der Waals surface area (Å²) >= 11 is 0. The molecule has 1 N–H and O–H groups in total. The van der Waals surface area contributed by atoms with Crippen molar-refractivity contribution in [1.29, 1.82) is 5.26 Å². The maximum Gasteiger partial charge on any atom is 0.232 e. The second-order valence-electron chi connectivity index (χ2n) is 4.30. The minimum absolute atomic E-state index is 0.195. The van der Waals surface area contributed by atoms with Crippen LogP contribution < -0.4 is 14.8 Å². The first-order valence-corrected chi connectivity index (χ1v) is 6.59. The lowest BCUT2D eigenvalue weighted by atomic mass is 10.2. The summed E-state index contributed by atoms with van der Waals surface area (Å²) in [6.07, 6.45) is 0. The number of nitriles is 1. The first kappa shape index (κ1) is 15.7. The molecule has 0 fully saturated rings. The molecule has 0 amide bonds. The lowest BCUT2D eigenvalue weighted by Crippen LogP contribution is -2.07. The van der Waals surface area contributed by atoms with Crippen molar-refractivity contribution in [2.24, 2.45) is 0 Å². The minimum Gasteiger partial charge on any atom is -0.493 e. The zero-order chi connectivity index (χ0) is 15.9. The van der Waals surface area contributed by atoms with E-state index in [9.17, 15) is 0 Å². The molecule has 22 heavy (non-hydrogen) atoms.